The van der Waals surface area contributed by atoms with E-state index in [9.17, 15) is 14.4 Å². The smallest absolute Gasteiger partial charge is 0.256 e. The molecule has 0 bridgehead atoms. The first-order valence-electron chi connectivity index (χ1n) is 22.5. The predicted molar refractivity (Wildman–Crippen MR) is 239 cm³/mol. The van der Waals surface area contributed by atoms with Crippen LogP contribution in [-0.4, -0.2) is 73.6 Å². The van der Waals surface area contributed by atoms with E-state index in [1.165, 1.54) is 93.2 Å². The Morgan fingerprint density at radius 2 is 1.62 bits per heavy atom. The number of rotatable bonds is 22. The average molecular weight is 871 g/mol. The molecule has 326 valence electrons. The van der Waals surface area contributed by atoms with Crippen LogP contribution in [0, 0.1) is 5.92 Å². The Labute approximate surface area is 368 Å². The van der Waals surface area contributed by atoms with E-state index in [1.807, 2.05) is 35.4 Å². The first-order chi connectivity index (χ1) is 29.8. The molecule has 8 rings (SSSR count). The van der Waals surface area contributed by atoms with Crippen molar-refractivity contribution < 1.29 is 19.1 Å². The Morgan fingerprint density at radius 1 is 0.885 bits per heavy atom. The normalized spacial score (nSPS) is 20.3. The summed E-state index contributed by atoms with van der Waals surface area (Å²) in [7, 11) is 2.00. The maximum absolute atomic E-state index is 13.0. The van der Waals surface area contributed by atoms with Gasteiger partial charge in [-0.05, 0) is 101 Å². The molecule has 3 amide bonds. The first kappa shape index (κ1) is 43.3. The maximum Gasteiger partial charge on any atom is 0.256 e. The molecule has 13 nitrogen and oxygen atoms in total. The maximum atomic E-state index is 13.0. The number of aromatic nitrogens is 4. The Bertz CT molecular complexity index is 2130. The summed E-state index contributed by atoms with van der Waals surface area (Å²) in [4.78, 5) is 48.9. The minimum absolute atomic E-state index is 0.150. The largest absolute Gasteiger partial charge is 0.488 e. The number of ether oxygens (including phenoxy) is 1. The fourth-order valence-corrected chi connectivity index (χ4v) is 10.1. The van der Waals surface area contributed by atoms with Gasteiger partial charge in [-0.2, -0.15) is 5.10 Å². The van der Waals surface area contributed by atoms with Crippen molar-refractivity contribution in [2.24, 2.45) is 13.0 Å². The van der Waals surface area contributed by atoms with Crippen molar-refractivity contribution in [2.45, 2.75) is 141 Å². The van der Waals surface area contributed by atoms with Crippen molar-refractivity contribution in [1.29, 1.82) is 0 Å². The number of carbonyl (C=O) groups excluding carboxylic acids is 3. The minimum Gasteiger partial charge on any atom is -0.488 e. The van der Waals surface area contributed by atoms with Crippen molar-refractivity contribution in [3.05, 3.63) is 74.3 Å². The van der Waals surface area contributed by atoms with Gasteiger partial charge < -0.3 is 25.6 Å². The molecule has 2 aliphatic heterocycles. The van der Waals surface area contributed by atoms with Gasteiger partial charge in [-0.15, -0.1) is 11.3 Å². The van der Waals surface area contributed by atoms with Gasteiger partial charge in [0.1, 0.15) is 18.4 Å². The van der Waals surface area contributed by atoms with Crippen LogP contribution in [0.15, 0.2) is 42.0 Å². The van der Waals surface area contributed by atoms with Gasteiger partial charge in [0.2, 0.25) is 17.8 Å². The van der Waals surface area contributed by atoms with Crippen LogP contribution in [-0.2, 0) is 42.8 Å². The molecule has 61 heavy (non-hydrogen) atoms. The van der Waals surface area contributed by atoms with Crippen LogP contribution >= 0.6 is 22.9 Å². The number of fused-ring (bicyclic) bond motifs is 1. The highest BCUT2D eigenvalue weighted by atomic mass is 35.5. The van der Waals surface area contributed by atoms with Crippen LogP contribution in [0.5, 0.6) is 5.75 Å². The fraction of sp³-hybridized carbons (Fsp3) is 0.565. The van der Waals surface area contributed by atoms with Crippen LogP contribution in [0.4, 0.5) is 5.95 Å². The number of hydrogen-bond donors (Lipinski definition) is 4. The summed E-state index contributed by atoms with van der Waals surface area (Å²) in [6.07, 6.45) is 21.2. The predicted octanol–water partition coefficient (Wildman–Crippen LogP) is 7.72. The molecule has 5 heterocycles. The van der Waals surface area contributed by atoms with Crippen LogP contribution in [0.3, 0.4) is 0 Å². The van der Waals surface area contributed by atoms with Crippen LogP contribution in [0.2, 0.25) is 5.02 Å². The Hall–Kier alpha value is -4.37. The number of thiophene rings is 1. The van der Waals surface area contributed by atoms with Gasteiger partial charge >= 0.3 is 0 Å². The van der Waals surface area contributed by atoms with Gasteiger partial charge in [0, 0.05) is 65.7 Å². The summed E-state index contributed by atoms with van der Waals surface area (Å²) in [6, 6.07) is 8.53. The Kier molecular flexibility index (Phi) is 14.7. The lowest BCUT2D eigenvalue weighted by Crippen LogP contribution is -2.52. The number of aryl methyl sites for hydroxylation is 1. The molecule has 3 aromatic heterocycles. The molecule has 3 fully saturated rings. The third-order valence-electron chi connectivity index (χ3n) is 12.8. The first-order valence-corrected chi connectivity index (χ1v) is 23.7. The van der Waals surface area contributed by atoms with Crippen molar-refractivity contribution in [3.8, 4) is 17.0 Å². The van der Waals surface area contributed by atoms with E-state index < -0.39 is 11.9 Å². The quantitative estimate of drug-likeness (QED) is 0.0456. The highest BCUT2D eigenvalue weighted by Gasteiger charge is 2.40. The molecule has 1 aromatic carbocycles. The number of hydrogen-bond acceptors (Lipinski definition) is 11. The minimum atomic E-state index is -0.605. The summed E-state index contributed by atoms with van der Waals surface area (Å²) in [5.74, 6) is 1.37. The van der Waals surface area contributed by atoms with Gasteiger partial charge in [0.15, 0.2) is 0 Å². The average Bonchev–Trinajstić information content (AvgIpc) is 3.77. The molecule has 2 aliphatic carbocycles. The van der Waals surface area contributed by atoms with Gasteiger partial charge in [-0.1, -0.05) is 55.8 Å². The zero-order valence-electron chi connectivity index (χ0n) is 35.4. The van der Waals surface area contributed by atoms with Gasteiger partial charge in [-0.25, -0.2) is 9.97 Å². The number of amides is 3. The highest BCUT2D eigenvalue weighted by molar-refractivity contribution is 7.10. The number of piperidine rings is 1. The van der Waals surface area contributed by atoms with E-state index in [0.717, 1.165) is 72.3 Å². The summed E-state index contributed by atoms with van der Waals surface area (Å²) >= 11 is 8.10. The third-order valence-corrected chi connectivity index (χ3v) is 14.1. The lowest BCUT2D eigenvalue weighted by molar-refractivity contribution is -0.136. The standard InChI is InChI=1S/C46H60ClN9O4S/c1-55-40(23-30-9-10-30)35(25-51-55)43-38(47)26-50-46(54-43)52-33-15-13-32(14-16-33)49-22-8-6-4-2-3-5-7-21-48-24-31-11-17-34(18-12-31)60-28-41-36-27-56(45(59)37(36)29-61-41)39-19-20-42(57)53-44(39)58/h11-12,17-18,25-26,29-30,32-33,39,48-49H,2-10,13-16,19-24,27-28H2,1H3,(H,50,52,54)(H,53,57,58)/t32-,33-,39-/m0/s1. The number of carbonyl (C=O) groups is 3. The highest BCUT2D eigenvalue weighted by Crippen LogP contribution is 2.38. The third kappa shape index (κ3) is 11.4. The van der Waals surface area contributed by atoms with Crippen LogP contribution < -0.4 is 26.0 Å². The number of halogens is 1. The zero-order valence-corrected chi connectivity index (χ0v) is 36.9. The van der Waals surface area contributed by atoms with E-state index >= 15 is 0 Å². The van der Waals surface area contributed by atoms with E-state index in [4.69, 9.17) is 21.3 Å². The monoisotopic (exact) mass is 869 g/mol. The number of anilines is 1. The van der Waals surface area contributed by atoms with E-state index in [2.05, 4.69) is 43.5 Å². The van der Waals surface area contributed by atoms with Crippen molar-refractivity contribution in [3.63, 3.8) is 0 Å². The Morgan fingerprint density at radius 3 is 2.38 bits per heavy atom. The fourth-order valence-electron chi connectivity index (χ4n) is 8.92. The summed E-state index contributed by atoms with van der Waals surface area (Å²) in [5.41, 5.74) is 5.78. The van der Waals surface area contributed by atoms with Crippen LogP contribution in [0.25, 0.3) is 11.3 Å². The van der Waals surface area contributed by atoms with Gasteiger partial charge in [0.05, 0.1) is 28.7 Å². The summed E-state index contributed by atoms with van der Waals surface area (Å²) in [6.45, 7) is 3.67. The zero-order chi connectivity index (χ0) is 42.1. The van der Waals surface area contributed by atoms with Crippen molar-refractivity contribution >= 4 is 46.6 Å². The molecule has 0 unspecified atom stereocenters. The number of nitrogens with one attached hydrogen (secondary N) is 4. The molecule has 4 aromatic rings. The van der Waals surface area contributed by atoms with Crippen LogP contribution in [0.1, 0.15) is 128 Å². The van der Waals surface area contributed by atoms with E-state index in [1.54, 1.807) is 11.1 Å². The topological polar surface area (TPSA) is 155 Å². The summed E-state index contributed by atoms with van der Waals surface area (Å²) in [5, 5.41) is 20.3. The lowest BCUT2D eigenvalue weighted by Gasteiger charge is -2.30. The van der Waals surface area contributed by atoms with Crippen molar-refractivity contribution in [2.75, 3.05) is 18.4 Å². The Balaban J connectivity index is 0.630. The number of imide groups is 1. The molecule has 0 spiro atoms. The molecule has 1 saturated heterocycles. The molecule has 0 radical (unpaired) electrons. The second-order valence-corrected chi connectivity index (χ2v) is 18.7. The van der Waals surface area contributed by atoms with E-state index in [-0.39, 0.29) is 18.2 Å². The number of unbranched alkanes of at least 4 members (excludes halogenated alkanes) is 6. The molecule has 2 saturated carbocycles. The molecule has 4 N–H and O–H groups in total. The van der Waals surface area contributed by atoms with Gasteiger partial charge in [0.25, 0.3) is 5.91 Å². The van der Waals surface area contributed by atoms with Gasteiger partial charge in [-0.3, -0.25) is 24.4 Å². The number of benzene rings is 1. The SMILES string of the molecule is Cn1ncc(-c2nc(N[C@H]3CC[C@H](NCCCCCCCCCNCc4ccc(OCc5scc6c5CN([C@H]5CCC(=O)NC5=O)C6=O)cc4)CC3)ncc2Cl)c1CC1CC1. The number of nitrogens with zero attached hydrogens (tertiary/aromatic N) is 5. The molecule has 15 heteroatoms. The van der Waals surface area contributed by atoms with E-state index in [0.29, 0.717) is 48.2 Å². The second kappa shape index (κ2) is 20.7. The second-order valence-electron chi connectivity index (χ2n) is 17.3. The lowest BCUT2D eigenvalue weighted by atomic mass is 9.91. The van der Waals surface area contributed by atoms with Crippen molar-refractivity contribution in [1.82, 2.24) is 40.6 Å². The molecular weight excluding hydrogens is 810 g/mol. The molecule has 4 aliphatic rings. The molecular formula is C46H60ClN9O4S. The summed E-state index contributed by atoms with van der Waals surface area (Å²) < 4.78 is 8.05. The molecule has 1 atom stereocenters.